The van der Waals surface area contributed by atoms with Gasteiger partial charge >= 0.3 is 0 Å². The summed E-state index contributed by atoms with van der Waals surface area (Å²) in [4.78, 5) is 0. The number of allylic oxidation sites excluding steroid dienone is 3. The predicted molar refractivity (Wildman–Crippen MR) is 84.8 cm³/mol. The van der Waals surface area contributed by atoms with Crippen molar-refractivity contribution in [3.63, 3.8) is 0 Å². The van der Waals surface area contributed by atoms with E-state index in [2.05, 4.69) is 6.08 Å². The normalized spacial score (nSPS) is 10.7. The van der Waals surface area contributed by atoms with Gasteiger partial charge in [-0.25, -0.2) is 0 Å². The number of rotatable bonds is 3. The highest BCUT2D eigenvalue weighted by molar-refractivity contribution is 6.31. The first kappa shape index (κ1) is 13.9. The summed E-state index contributed by atoms with van der Waals surface area (Å²) in [6.45, 7) is 1.99. The topological polar surface area (TPSA) is 0 Å². The summed E-state index contributed by atoms with van der Waals surface area (Å²) in [6.07, 6.45) is 6.07. The molecule has 0 fully saturated rings. The van der Waals surface area contributed by atoms with Crippen molar-refractivity contribution >= 4 is 28.8 Å². The number of hydrogen-bond acceptors (Lipinski definition) is 0. The van der Waals surface area contributed by atoms with Gasteiger partial charge in [0.1, 0.15) is 0 Å². The first-order valence-corrected chi connectivity index (χ1v) is 6.81. The Morgan fingerprint density at radius 3 is 1.84 bits per heavy atom. The monoisotopic (exact) mass is 288 g/mol. The largest absolute Gasteiger partial charge is 0.0876 e. The van der Waals surface area contributed by atoms with Crippen molar-refractivity contribution < 1.29 is 0 Å². The van der Waals surface area contributed by atoms with Gasteiger partial charge in [-0.3, -0.25) is 0 Å². The Balaban J connectivity index is 2.54. The fourth-order valence-electron chi connectivity index (χ4n) is 1.86. The van der Waals surface area contributed by atoms with Crippen LogP contribution >= 0.6 is 23.2 Å². The van der Waals surface area contributed by atoms with Gasteiger partial charge < -0.3 is 0 Å². The molecule has 2 aromatic rings. The average molecular weight is 289 g/mol. The quantitative estimate of drug-likeness (QED) is 0.608. The molecule has 0 bridgehead atoms. The first-order chi connectivity index (χ1) is 9.20. The van der Waals surface area contributed by atoms with Gasteiger partial charge in [0.25, 0.3) is 0 Å². The Kier molecular flexibility index (Phi) is 4.84. The van der Waals surface area contributed by atoms with Crippen molar-refractivity contribution in [2.24, 2.45) is 0 Å². The standard InChI is InChI=1S/C17H14Cl2/c1-2-3-10-17(13-6-4-8-15(18)11-13)14-7-5-9-16(19)12-14/h2-12H,1H3/b3-2-. The van der Waals surface area contributed by atoms with Gasteiger partial charge in [-0.05, 0) is 47.9 Å². The molecule has 0 amide bonds. The highest BCUT2D eigenvalue weighted by Crippen LogP contribution is 2.27. The molecule has 0 saturated heterocycles. The molecule has 19 heavy (non-hydrogen) atoms. The van der Waals surface area contributed by atoms with Crippen LogP contribution in [-0.4, -0.2) is 0 Å². The van der Waals surface area contributed by atoms with Crippen LogP contribution in [0.1, 0.15) is 18.1 Å². The maximum atomic E-state index is 6.07. The van der Waals surface area contributed by atoms with Crippen LogP contribution in [0.25, 0.3) is 5.57 Å². The molecule has 0 aliphatic heterocycles. The summed E-state index contributed by atoms with van der Waals surface area (Å²) in [5, 5.41) is 1.46. The summed E-state index contributed by atoms with van der Waals surface area (Å²) < 4.78 is 0. The van der Waals surface area contributed by atoms with Gasteiger partial charge in [0, 0.05) is 10.0 Å². The van der Waals surface area contributed by atoms with E-state index in [1.807, 2.05) is 67.6 Å². The fraction of sp³-hybridized carbons (Fsp3) is 0.0588. The van der Waals surface area contributed by atoms with Crippen molar-refractivity contribution in [2.45, 2.75) is 6.92 Å². The Morgan fingerprint density at radius 2 is 1.42 bits per heavy atom. The lowest BCUT2D eigenvalue weighted by Crippen LogP contribution is -1.88. The first-order valence-electron chi connectivity index (χ1n) is 6.05. The van der Waals surface area contributed by atoms with Crippen LogP contribution in [0.3, 0.4) is 0 Å². The minimum atomic E-state index is 0.728. The Bertz CT molecular complexity index is 577. The Morgan fingerprint density at radius 1 is 0.895 bits per heavy atom. The van der Waals surface area contributed by atoms with E-state index < -0.39 is 0 Å². The molecule has 0 unspecified atom stereocenters. The van der Waals surface area contributed by atoms with Gasteiger partial charge in [0.15, 0.2) is 0 Å². The highest BCUT2D eigenvalue weighted by Gasteiger charge is 2.05. The van der Waals surface area contributed by atoms with Crippen molar-refractivity contribution in [1.29, 1.82) is 0 Å². The third-order valence-corrected chi connectivity index (χ3v) is 3.20. The summed E-state index contributed by atoms with van der Waals surface area (Å²) >= 11 is 12.1. The highest BCUT2D eigenvalue weighted by atomic mass is 35.5. The Labute approximate surface area is 124 Å². The molecule has 0 radical (unpaired) electrons. The molecule has 2 heteroatoms. The second-order valence-electron chi connectivity index (χ2n) is 4.13. The van der Waals surface area contributed by atoms with Crippen LogP contribution in [0.4, 0.5) is 0 Å². The third kappa shape index (κ3) is 3.73. The molecular weight excluding hydrogens is 275 g/mol. The molecule has 0 aliphatic rings. The smallest absolute Gasteiger partial charge is 0.0412 e. The van der Waals surface area contributed by atoms with E-state index in [4.69, 9.17) is 23.2 Å². The molecular formula is C17H14Cl2. The Hall–Kier alpha value is -1.50. The van der Waals surface area contributed by atoms with Crippen LogP contribution in [-0.2, 0) is 0 Å². The molecule has 0 aromatic heterocycles. The lowest BCUT2D eigenvalue weighted by Gasteiger charge is -2.08. The van der Waals surface area contributed by atoms with Gasteiger partial charge in [-0.15, -0.1) is 0 Å². The SMILES string of the molecule is C/C=C\C=C(c1cccc(Cl)c1)c1cccc(Cl)c1. The number of benzene rings is 2. The number of hydrogen-bond donors (Lipinski definition) is 0. The van der Waals surface area contributed by atoms with E-state index >= 15 is 0 Å². The van der Waals surface area contributed by atoms with Crippen LogP contribution in [0, 0.1) is 0 Å². The van der Waals surface area contributed by atoms with Crippen molar-refractivity contribution in [1.82, 2.24) is 0 Å². The van der Waals surface area contributed by atoms with Crippen molar-refractivity contribution in [3.05, 3.63) is 87.9 Å². The predicted octanol–water partition coefficient (Wildman–Crippen LogP) is 6.00. The van der Waals surface area contributed by atoms with Gasteiger partial charge in [0.2, 0.25) is 0 Å². The maximum absolute atomic E-state index is 6.07. The fourth-order valence-corrected chi connectivity index (χ4v) is 2.24. The molecule has 96 valence electrons. The lowest BCUT2D eigenvalue weighted by atomic mass is 9.97. The summed E-state index contributed by atoms with van der Waals surface area (Å²) in [5.41, 5.74) is 3.25. The van der Waals surface area contributed by atoms with E-state index in [-0.39, 0.29) is 0 Å². The van der Waals surface area contributed by atoms with Crippen molar-refractivity contribution in [2.75, 3.05) is 0 Å². The molecule has 0 spiro atoms. The molecule has 2 aromatic carbocycles. The molecule has 2 rings (SSSR count). The van der Waals surface area contributed by atoms with Crippen LogP contribution < -0.4 is 0 Å². The molecule has 0 saturated carbocycles. The molecule has 0 heterocycles. The summed E-state index contributed by atoms with van der Waals surface area (Å²) in [6, 6.07) is 15.6. The van der Waals surface area contributed by atoms with E-state index in [0.717, 1.165) is 26.7 Å². The van der Waals surface area contributed by atoms with E-state index in [0.29, 0.717) is 0 Å². The molecule has 0 N–H and O–H groups in total. The van der Waals surface area contributed by atoms with Crippen LogP contribution in [0.2, 0.25) is 10.0 Å². The summed E-state index contributed by atoms with van der Waals surface area (Å²) in [5.74, 6) is 0. The minimum Gasteiger partial charge on any atom is -0.0876 e. The van der Waals surface area contributed by atoms with E-state index in [9.17, 15) is 0 Å². The molecule has 0 nitrogen and oxygen atoms in total. The maximum Gasteiger partial charge on any atom is 0.0412 e. The second kappa shape index (κ2) is 6.60. The third-order valence-electron chi connectivity index (χ3n) is 2.73. The van der Waals surface area contributed by atoms with Gasteiger partial charge in [-0.2, -0.15) is 0 Å². The molecule has 0 aliphatic carbocycles. The zero-order chi connectivity index (χ0) is 13.7. The lowest BCUT2D eigenvalue weighted by molar-refractivity contribution is 1.54. The van der Waals surface area contributed by atoms with Crippen molar-refractivity contribution in [3.8, 4) is 0 Å². The second-order valence-corrected chi connectivity index (χ2v) is 5.00. The van der Waals surface area contributed by atoms with E-state index in [1.165, 1.54) is 0 Å². The van der Waals surface area contributed by atoms with Gasteiger partial charge in [0.05, 0.1) is 0 Å². The average Bonchev–Trinajstić information content (AvgIpc) is 2.39. The van der Waals surface area contributed by atoms with Crippen LogP contribution in [0.5, 0.6) is 0 Å². The minimum absolute atomic E-state index is 0.728. The van der Waals surface area contributed by atoms with E-state index in [1.54, 1.807) is 0 Å². The zero-order valence-corrected chi connectivity index (χ0v) is 12.1. The summed E-state index contributed by atoms with van der Waals surface area (Å²) in [7, 11) is 0. The number of halogens is 2. The van der Waals surface area contributed by atoms with Gasteiger partial charge in [-0.1, -0.05) is 65.7 Å². The zero-order valence-electron chi connectivity index (χ0n) is 10.6. The van der Waals surface area contributed by atoms with Crippen LogP contribution in [0.15, 0.2) is 66.8 Å². The molecule has 0 atom stereocenters.